The minimum absolute atomic E-state index is 0.0686. The molecule has 6 nitrogen and oxygen atoms in total. The zero-order valence-corrected chi connectivity index (χ0v) is 20.4. The van der Waals surface area contributed by atoms with E-state index in [0.29, 0.717) is 17.7 Å². The van der Waals surface area contributed by atoms with Crippen LogP contribution in [-0.2, 0) is 6.54 Å². The standard InChI is InChI=1S/C28H33N3O3/c1-27(2)12-20-13-28(3,16-27)17-31(20)26(33)19-7-10-24-22(11-19)23(15-29-24)25(32)30-14-18-5-8-21(34-4)9-6-18/h5-11,15,20,29H,12-14,16-17H2,1-4H3,(H,30,32). The first-order valence-electron chi connectivity index (χ1n) is 12.0. The molecule has 6 heteroatoms. The molecule has 2 unspecified atom stereocenters. The van der Waals surface area contributed by atoms with Crippen LogP contribution in [0.25, 0.3) is 10.9 Å². The minimum Gasteiger partial charge on any atom is -0.497 e. The highest BCUT2D eigenvalue weighted by atomic mass is 16.5. The van der Waals surface area contributed by atoms with Crippen LogP contribution in [0, 0.1) is 10.8 Å². The number of H-pyrrole nitrogens is 1. The van der Waals surface area contributed by atoms with Gasteiger partial charge in [-0.15, -0.1) is 0 Å². The van der Waals surface area contributed by atoms with Gasteiger partial charge in [0.1, 0.15) is 5.75 Å². The van der Waals surface area contributed by atoms with Crippen LogP contribution in [0.3, 0.4) is 0 Å². The third kappa shape index (κ3) is 4.17. The van der Waals surface area contributed by atoms with Crippen LogP contribution in [0.1, 0.15) is 66.3 Å². The highest BCUT2D eigenvalue weighted by Crippen LogP contribution is 2.52. The number of nitrogens with zero attached hydrogens (tertiary/aromatic N) is 1. The van der Waals surface area contributed by atoms with E-state index in [1.54, 1.807) is 13.3 Å². The summed E-state index contributed by atoms with van der Waals surface area (Å²) in [6.07, 6.45) is 4.98. The van der Waals surface area contributed by atoms with Gasteiger partial charge in [0.2, 0.25) is 0 Å². The second-order valence-corrected chi connectivity index (χ2v) is 11.1. The second kappa shape index (κ2) is 8.19. The first-order valence-corrected chi connectivity index (χ1v) is 12.0. The Morgan fingerprint density at radius 2 is 1.88 bits per heavy atom. The van der Waals surface area contributed by atoms with Crippen molar-refractivity contribution in [3.8, 4) is 5.75 Å². The number of carbonyl (C=O) groups excluding carboxylic acids is 2. The Bertz CT molecular complexity index is 1240. The number of rotatable bonds is 5. The average Bonchev–Trinajstić information content (AvgIpc) is 3.33. The van der Waals surface area contributed by atoms with E-state index in [-0.39, 0.29) is 28.7 Å². The first-order chi connectivity index (χ1) is 16.2. The lowest BCUT2D eigenvalue weighted by molar-refractivity contribution is 0.0708. The molecule has 1 saturated carbocycles. The van der Waals surface area contributed by atoms with Crippen molar-refractivity contribution in [2.75, 3.05) is 13.7 Å². The number of carbonyl (C=O) groups is 2. The average molecular weight is 460 g/mol. The molecule has 34 heavy (non-hydrogen) atoms. The Balaban J connectivity index is 1.34. The maximum Gasteiger partial charge on any atom is 0.254 e. The molecule has 2 heterocycles. The normalized spacial score (nSPS) is 23.2. The number of hydrogen-bond acceptors (Lipinski definition) is 3. The van der Waals surface area contributed by atoms with Crippen LogP contribution in [0.2, 0.25) is 0 Å². The van der Waals surface area contributed by atoms with Crippen LogP contribution < -0.4 is 10.1 Å². The van der Waals surface area contributed by atoms with Gasteiger partial charge in [-0.2, -0.15) is 0 Å². The van der Waals surface area contributed by atoms with Crippen molar-refractivity contribution in [2.24, 2.45) is 10.8 Å². The number of likely N-dealkylation sites (tertiary alicyclic amines) is 1. The summed E-state index contributed by atoms with van der Waals surface area (Å²) in [6, 6.07) is 13.5. The molecule has 2 N–H and O–H groups in total. The van der Waals surface area contributed by atoms with Crippen LogP contribution in [-0.4, -0.2) is 41.4 Å². The summed E-state index contributed by atoms with van der Waals surface area (Å²) < 4.78 is 5.19. The van der Waals surface area contributed by atoms with Crippen molar-refractivity contribution in [2.45, 2.75) is 52.6 Å². The van der Waals surface area contributed by atoms with Gasteiger partial charge in [-0.3, -0.25) is 9.59 Å². The fourth-order valence-electron chi connectivity index (χ4n) is 6.33. The molecule has 2 bridgehead atoms. The Kier molecular flexibility index (Phi) is 5.42. The van der Waals surface area contributed by atoms with E-state index in [1.807, 2.05) is 42.5 Å². The van der Waals surface area contributed by atoms with Crippen LogP contribution in [0.15, 0.2) is 48.7 Å². The van der Waals surface area contributed by atoms with E-state index >= 15 is 0 Å². The van der Waals surface area contributed by atoms with Crippen molar-refractivity contribution in [1.82, 2.24) is 15.2 Å². The van der Waals surface area contributed by atoms with Gasteiger partial charge in [0, 0.05) is 41.8 Å². The number of ether oxygens (including phenoxy) is 1. The molecule has 1 saturated heterocycles. The minimum atomic E-state index is -0.169. The first kappa shape index (κ1) is 22.5. The van der Waals surface area contributed by atoms with Gasteiger partial charge in [-0.1, -0.05) is 32.9 Å². The highest BCUT2D eigenvalue weighted by molar-refractivity contribution is 6.09. The van der Waals surface area contributed by atoms with Crippen molar-refractivity contribution >= 4 is 22.7 Å². The quantitative estimate of drug-likeness (QED) is 0.554. The Labute approximate surface area is 200 Å². The number of aromatic amines is 1. The van der Waals surface area contributed by atoms with Gasteiger partial charge in [0.15, 0.2) is 0 Å². The lowest BCUT2D eigenvalue weighted by Gasteiger charge is -2.39. The van der Waals surface area contributed by atoms with E-state index in [0.717, 1.165) is 48.0 Å². The number of methoxy groups -OCH3 is 1. The van der Waals surface area contributed by atoms with E-state index in [2.05, 4.69) is 36.0 Å². The fourth-order valence-corrected chi connectivity index (χ4v) is 6.33. The van der Waals surface area contributed by atoms with Gasteiger partial charge >= 0.3 is 0 Å². The third-order valence-corrected chi connectivity index (χ3v) is 7.46. The number of benzene rings is 2. The summed E-state index contributed by atoms with van der Waals surface area (Å²) >= 11 is 0. The molecule has 2 amide bonds. The van der Waals surface area contributed by atoms with Crippen molar-refractivity contribution < 1.29 is 14.3 Å². The summed E-state index contributed by atoms with van der Waals surface area (Å²) in [7, 11) is 1.63. The molecule has 2 fully saturated rings. The zero-order chi connectivity index (χ0) is 24.1. The molecule has 1 aliphatic heterocycles. The lowest BCUT2D eigenvalue weighted by Crippen LogP contribution is -2.37. The molecule has 1 aromatic heterocycles. The van der Waals surface area contributed by atoms with Gasteiger partial charge in [0.05, 0.1) is 12.7 Å². The maximum atomic E-state index is 13.6. The summed E-state index contributed by atoms with van der Waals surface area (Å²) in [6.45, 7) is 8.16. The number of aromatic nitrogens is 1. The molecular weight excluding hydrogens is 426 g/mol. The molecule has 178 valence electrons. The van der Waals surface area contributed by atoms with Gasteiger partial charge < -0.3 is 19.9 Å². The lowest BCUT2D eigenvalue weighted by atomic mass is 9.65. The van der Waals surface area contributed by atoms with Crippen molar-refractivity contribution in [3.05, 3.63) is 65.4 Å². The number of nitrogens with one attached hydrogen (secondary N) is 2. The predicted molar refractivity (Wildman–Crippen MR) is 133 cm³/mol. The van der Waals surface area contributed by atoms with Gasteiger partial charge in [-0.25, -0.2) is 0 Å². The van der Waals surface area contributed by atoms with E-state index < -0.39 is 0 Å². The van der Waals surface area contributed by atoms with Gasteiger partial charge in [0.25, 0.3) is 11.8 Å². The van der Waals surface area contributed by atoms with Crippen molar-refractivity contribution in [3.63, 3.8) is 0 Å². The molecule has 1 aliphatic carbocycles. The van der Waals surface area contributed by atoms with E-state index in [1.165, 1.54) is 0 Å². The molecular formula is C28H33N3O3. The summed E-state index contributed by atoms with van der Waals surface area (Å²) in [5.74, 6) is 0.681. The summed E-state index contributed by atoms with van der Waals surface area (Å²) in [4.78, 5) is 31.8. The monoisotopic (exact) mass is 459 g/mol. The predicted octanol–water partition coefficient (Wildman–Crippen LogP) is 5.15. The maximum absolute atomic E-state index is 13.6. The molecule has 2 aromatic carbocycles. The van der Waals surface area contributed by atoms with Crippen LogP contribution in [0.5, 0.6) is 5.75 Å². The van der Waals surface area contributed by atoms with Crippen LogP contribution in [0.4, 0.5) is 0 Å². The molecule has 2 atom stereocenters. The second-order valence-electron chi connectivity index (χ2n) is 11.1. The Hall–Kier alpha value is -3.28. The van der Waals surface area contributed by atoms with E-state index in [9.17, 15) is 9.59 Å². The number of amides is 2. The number of hydrogen-bond donors (Lipinski definition) is 2. The Morgan fingerprint density at radius 3 is 2.62 bits per heavy atom. The molecule has 5 rings (SSSR count). The smallest absolute Gasteiger partial charge is 0.254 e. The largest absolute Gasteiger partial charge is 0.497 e. The summed E-state index contributed by atoms with van der Waals surface area (Å²) in [5, 5.41) is 3.75. The zero-order valence-electron chi connectivity index (χ0n) is 20.4. The number of fused-ring (bicyclic) bond motifs is 3. The molecule has 0 spiro atoms. The van der Waals surface area contributed by atoms with Gasteiger partial charge in [-0.05, 0) is 66.0 Å². The third-order valence-electron chi connectivity index (χ3n) is 7.46. The molecule has 3 aromatic rings. The summed E-state index contributed by atoms with van der Waals surface area (Å²) in [5.41, 5.74) is 3.47. The fraction of sp³-hybridized carbons (Fsp3) is 0.429. The van der Waals surface area contributed by atoms with Crippen LogP contribution >= 0.6 is 0 Å². The Morgan fingerprint density at radius 1 is 1.12 bits per heavy atom. The highest BCUT2D eigenvalue weighted by Gasteiger charge is 2.51. The topological polar surface area (TPSA) is 74.4 Å². The SMILES string of the molecule is COc1ccc(CNC(=O)c2c[nH]c3ccc(C(=O)N4CC5(C)CC4CC(C)(C)C5)cc23)cc1. The molecule has 0 radical (unpaired) electrons. The van der Waals surface area contributed by atoms with E-state index in [4.69, 9.17) is 4.74 Å². The molecule has 2 aliphatic rings. The van der Waals surface area contributed by atoms with Crippen molar-refractivity contribution in [1.29, 1.82) is 0 Å².